The van der Waals surface area contributed by atoms with Gasteiger partial charge in [0.05, 0.1) is 19.2 Å². The van der Waals surface area contributed by atoms with Crippen molar-refractivity contribution in [2.75, 3.05) is 7.11 Å². The Morgan fingerprint density at radius 3 is 3.00 bits per heavy atom. The summed E-state index contributed by atoms with van der Waals surface area (Å²) in [5.74, 6) is 0.332. The smallest absolute Gasteiger partial charge is 0.341 e. The topological polar surface area (TPSA) is 51.5 Å². The van der Waals surface area contributed by atoms with Crippen LogP contribution in [0.25, 0.3) is 0 Å². The second-order valence-corrected chi connectivity index (χ2v) is 5.54. The predicted octanol–water partition coefficient (Wildman–Crippen LogP) is 3.18. The number of methoxy groups -OCH3 is 1. The number of carbonyl (C=O) groups excluding carboxylic acids is 1. The molecule has 0 fully saturated rings. The Morgan fingerprint density at radius 2 is 2.33 bits per heavy atom. The molecule has 0 aliphatic heterocycles. The van der Waals surface area contributed by atoms with Crippen LogP contribution in [0.15, 0.2) is 32.7 Å². The van der Waals surface area contributed by atoms with Crippen molar-refractivity contribution in [3.05, 3.63) is 44.4 Å². The number of rotatable bonds is 5. The average Bonchev–Trinajstić information content (AvgIpc) is 2.98. The summed E-state index contributed by atoms with van der Waals surface area (Å²) in [5, 5.41) is 5.29. The number of esters is 1. The van der Waals surface area contributed by atoms with Crippen LogP contribution in [0.4, 0.5) is 0 Å². The van der Waals surface area contributed by atoms with Gasteiger partial charge in [-0.15, -0.1) is 11.3 Å². The number of carbonyl (C=O) groups is 1. The third-order valence-corrected chi connectivity index (χ3v) is 3.99. The van der Waals surface area contributed by atoms with Gasteiger partial charge in [-0.2, -0.15) is 0 Å². The third kappa shape index (κ3) is 3.44. The molecule has 0 unspecified atom stereocenters. The van der Waals surface area contributed by atoms with Crippen LogP contribution in [0, 0.1) is 0 Å². The van der Waals surface area contributed by atoms with E-state index in [-0.39, 0.29) is 5.97 Å². The number of hydrogen-bond acceptors (Lipinski definition) is 5. The number of thiophene rings is 1. The van der Waals surface area contributed by atoms with Crippen molar-refractivity contribution in [1.82, 2.24) is 5.32 Å². The molecule has 0 bridgehead atoms. The summed E-state index contributed by atoms with van der Waals surface area (Å²) in [6.45, 7) is 1.34. The molecule has 4 nitrogen and oxygen atoms in total. The van der Waals surface area contributed by atoms with Crippen molar-refractivity contribution in [2.24, 2.45) is 0 Å². The molecule has 1 N–H and O–H groups in total. The molecule has 96 valence electrons. The number of ether oxygens (including phenoxy) is 1. The van der Waals surface area contributed by atoms with Crippen molar-refractivity contribution >= 4 is 33.2 Å². The Balaban J connectivity index is 1.83. The molecule has 2 rings (SSSR count). The van der Waals surface area contributed by atoms with Crippen LogP contribution in [0.1, 0.15) is 21.0 Å². The van der Waals surface area contributed by atoms with Gasteiger partial charge in [0.25, 0.3) is 0 Å². The second-order valence-electron chi connectivity index (χ2n) is 3.63. The van der Waals surface area contributed by atoms with Crippen molar-refractivity contribution in [2.45, 2.75) is 13.1 Å². The van der Waals surface area contributed by atoms with E-state index in [0.717, 1.165) is 11.0 Å². The average molecular weight is 330 g/mol. The Morgan fingerprint density at radius 1 is 1.50 bits per heavy atom. The van der Waals surface area contributed by atoms with Gasteiger partial charge in [-0.05, 0) is 28.1 Å². The summed E-state index contributed by atoms with van der Waals surface area (Å²) < 4.78 is 11.0. The molecule has 0 aromatic carbocycles. The molecule has 0 spiro atoms. The van der Waals surface area contributed by atoms with Crippen LogP contribution in [0.3, 0.4) is 0 Å². The van der Waals surface area contributed by atoms with Crippen LogP contribution < -0.4 is 5.32 Å². The molecule has 0 saturated carbocycles. The van der Waals surface area contributed by atoms with Crippen molar-refractivity contribution in [3.8, 4) is 0 Å². The van der Waals surface area contributed by atoms with Crippen LogP contribution in [-0.4, -0.2) is 13.1 Å². The molecule has 2 aromatic heterocycles. The van der Waals surface area contributed by atoms with Gasteiger partial charge < -0.3 is 14.5 Å². The Hall–Kier alpha value is -1.11. The first-order valence-electron chi connectivity index (χ1n) is 5.28. The fourth-order valence-electron chi connectivity index (χ4n) is 1.45. The zero-order chi connectivity index (χ0) is 13.0. The first kappa shape index (κ1) is 13.3. The van der Waals surface area contributed by atoms with E-state index in [4.69, 9.17) is 4.42 Å². The molecule has 0 atom stereocenters. The first-order chi connectivity index (χ1) is 8.69. The van der Waals surface area contributed by atoms with Crippen LogP contribution in [-0.2, 0) is 17.8 Å². The molecule has 0 radical (unpaired) electrons. The summed E-state index contributed by atoms with van der Waals surface area (Å²) in [5.41, 5.74) is 0.438. The van der Waals surface area contributed by atoms with Gasteiger partial charge in [-0.25, -0.2) is 4.79 Å². The second kappa shape index (κ2) is 6.17. The molecule has 18 heavy (non-hydrogen) atoms. The Bertz CT molecular complexity index is 535. The predicted molar refractivity (Wildman–Crippen MR) is 72.6 cm³/mol. The highest BCUT2D eigenvalue weighted by Gasteiger charge is 2.09. The Kier molecular flexibility index (Phi) is 4.57. The minimum atomic E-state index is -0.382. The lowest BCUT2D eigenvalue weighted by atomic mass is 10.3. The largest absolute Gasteiger partial charge is 0.467 e. The molecule has 0 amide bonds. The molecule has 0 saturated heterocycles. The van der Waals surface area contributed by atoms with Crippen molar-refractivity contribution < 1.29 is 13.9 Å². The number of nitrogens with one attached hydrogen (secondary N) is 1. The lowest BCUT2D eigenvalue weighted by Gasteiger charge is -1.99. The lowest BCUT2D eigenvalue weighted by molar-refractivity contribution is 0.0600. The van der Waals surface area contributed by atoms with E-state index in [0.29, 0.717) is 17.9 Å². The zero-order valence-electron chi connectivity index (χ0n) is 9.73. The summed E-state index contributed by atoms with van der Waals surface area (Å²) in [4.78, 5) is 12.5. The number of furan rings is 1. The SMILES string of the molecule is COC(=O)c1coc(CNCc2cc(Br)cs2)c1. The van der Waals surface area contributed by atoms with E-state index in [1.807, 2.05) is 5.38 Å². The van der Waals surface area contributed by atoms with Crippen molar-refractivity contribution in [3.63, 3.8) is 0 Å². The zero-order valence-corrected chi connectivity index (χ0v) is 12.1. The van der Waals surface area contributed by atoms with Gasteiger partial charge in [0.2, 0.25) is 0 Å². The molecule has 2 aromatic rings. The molecule has 0 aliphatic carbocycles. The molecular formula is C12H12BrNO3S. The van der Waals surface area contributed by atoms with Gasteiger partial charge in [-0.1, -0.05) is 0 Å². The van der Waals surface area contributed by atoms with E-state index < -0.39 is 0 Å². The van der Waals surface area contributed by atoms with Gasteiger partial charge in [0.15, 0.2) is 0 Å². The summed E-state index contributed by atoms with van der Waals surface area (Å²) in [6.07, 6.45) is 1.41. The Labute approximate surface area is 117 Å². The summed E-state index contributed by atoms with van der Waals surface area (Å²) in [6, 6.07) is 3.75. The van der Waals surface area contributed by atoms with Gasteiger partial charge >= 0.3 is 5.97 Å². The van der Waals surface area contributed by atoms with E-state index in [2.05, 4.69) is 32.0 Å². The van der Waals surface area contributed by atoms with Crippen molar-refractivity contribution in [1.29, 1.82) is 0 Å². The van der Waals surface area contributed by atoms with E-state index in [1.54, 1.807) is 17.4 Å². The quantitative estimate of drug-likeness (QED) is 0.856. The maximum Gasteiger partial charge on any atom is 0.341 e. The third-order valence-electron chi connectivity index (χ3n) is 2.30. The fourth-order valence-corrected chi connectivity index (χ4v) is 2.87. The summed E-state index contributed by atoms with van der Waals surface area (Å²) in [7, 11) is 1.35. The van der Waals surface area contributed by atoms with Gasteiger partial charge in [0.1, 0.15) is 12.0 Å². The maximum atomic E-state index is 11.2. The van der Waals surface area contributed by atoms with Crippen LogP contribution >= 0.6 is 27.3 Å². The maximum absolute atomic E-state index is 11.2. The molecule has 2 heterocycles. The molecule has 0 aliphatic rings. The fraction of sp³-hybridized carbons (Fsp3) is 0.250. The van der Waals surface area contributed by atoms with Gasteiger partial charge in [0, 0.05) is 21.3 Å². The van der Waals surface area contributed by atoms with E-state index >= 15 is 0 Å². The first-order valence-corrected chi connectivity index (χ1v) is 6.95. The highest BCUT2D eigenvalue weighted by Crippen LogP contribution is 2.19. The molecular weight excluding hydrogens is 318 g/mol. The highest BCUT2D eigenvalue weighted by molar-refractivity contribution is 9.10. The number of hydrogen-bond donors (Lipinski definition) is 1. The summed E-state index contributed by atoms with van der Waals surface area (Å²) >= 11 is 5.09. The number of halogens is 1. The van der Waals surface area contributed by atoms with E-state index in [1.165, 1.54) is 18.3 Å². The molecule has 6 heteroatoms. The van der Waals surface area contributed by atoms with Crippen LogP contribution in [0.5, 0.6) is 0 Å². The van der Waals surface area contributed by atoms with E-state index in [9.17, 15) is 4.79 Å². The monoisotopic (exact) mass is 329 g/mol. The minimum Gasteiger partial charge on any atom is -0.467 e. The van der Waals surface area contributed by atoms with Crippen LogP contribution in [0.2, 0.25) is 0 Å². The lowest BCUT2D eigenvalue weighted by Crippen LogP contribution is -2.11. The minimum absolute atomic E-state index is 0.382. The highest BCUT2D eigenvalue weighted by atomic mass is 79.9. The standard InChI is InChI=1S/C12H12BrNO3S/c1-16-12(15)8-2-10(17-6-8)4-14-5-11-3-9(13)7-18-11/h2-3,6-7,14H,4-5H2,1H3. The normalized spacial score (nSPS) is 10.6. The van der Waals surface area contributed by atoms with Gasteiger partial charge in [-0.3, -0.25) is 0 Å².